The number of thiophene rings is 1. The fourth-order valence-corrected chi connectivity index (χ4v) is 3.39. The third kappa shape index (κ3) is 2.61. The van der Waals surface area contributed by atoms with E-state index in [1.165, 1.54) is 4.90 Å². The zero-order valence-corrected chi connectivity index (χ0v) is 13.1. The molecule has 1 fully saturated rings. The van der Waals surface area contributed by atoms with Gasteiger partial charge in [-0.05, 0) is 23.6 Å². The third-order valence-corrected chi connectivity index (χ3v) is 4.85. The molecular formula is C15H15N5O2S. The predicted molar refractivity (Wildman–Crippen MR) is 88.1 cm³/mol. The first-order chi connectivity index (χ1) is 11.2. The minimum Gasteiger partial charge on any atom is -0.465 e. The summed E-state index contributed by atoms with van der Waals surface area (Å²) in [5, 5.41) is 15.7. The van der Waals surface area contributed by atoms with Gasteiger partial charge in [-0.15, -0.1) is 16.4 Å². The Morgan fingerprint density at radius 2 is 2.00 bits per heavy atom. The zero-order valence-electron chi connectivity index (χ0n) is 12.3. The molecule has 0 atom stereocenters. The highest BCUT2D eigenvalue weighted by atomic mass is 32.1. The van der Waals surface area contributed by atoms with E-state index in [1.54, 1.807) is 15.9 Å². The minimum absolute atomic E-state index is 0.499. The van der Waals surface area contributed by atoms with Crippen LogP contribution in [0.3, 0.4) is 0 Å². The lowest BCUT2D eigenvalue weighted by Gasteiger charge is -2.33. The average molecular weight is 329 g/mol. The summed E-state index contributed by atoms with van der Waals surface area (Å²) in [5.41, 5.74) is 1.72. The standard InChI is InChI=1S/C15H15N5O2S/c21-15(22)19-7-5-18(6-8-19)14-4-3-13-16-11(10-20(13)17-14)12-2-1-9-23-12/h1-4,9-10H,5-8H2,(H,21,22). The molecule has 4 rings (SSSR count). The fourth-order valence-electron chi connectivity index (χ4n) is 2.71. The van der Waals surface area contributed by atoms with Gasteiger partial charge in [-0.2, -0.15) is 0 Å². The van der Waals surface area contributed by atoms with Crippen LogP contribution in [0.5, 0.6) is 0 Å². The molecule has 1 saturated heterocycles. The van der Waals surface area contributed by atoms with E-state index >= 15 is 0 Å². The first-order valence-corrected chi connectivity index (χ1v) is 8.22. The van der Waals surface area contributed by atoms with Crippen molar-refractivity contribution in [2.75, 3.05) is 31.1 Å². The number of fused-ring (bicyclic) bond motifs is 1. The number of amides is 1. The third-order valence-electron chi connectivity index (χ3n) is 3.95. The first-order valence-electron chi connectivity index (χ1n) is 7.34. The van der Waals surface area contributed by atoms with Crippen molar-refractivity contribution in [3.63, 3.8) is 0 Å². The van der Waals surface area contributed by atoms with Crippen LogP contribution < -0.4 is 4.90 Å². The van der Waals surface area contributed by atoms with E-state index in [4.69, 9.17) is 5.11 Å². The lowest BCUT2D eigenvalue weighted by atomic mass is 10.3. The number of hydrogen-bond donors (Lipinski definition) is 1. The Kier molecular flexibility index (Phi) is 3.38. The molecule has 0 bridgehead atoms. The number of hydrogen-bond acceptors (Lipinski definition) is 5. The van der Waals surface area contributed by atoms with Gasteiger partial charge in [0.05, 0.1) is 11.1 Å². The highest BCUT2D eigenvalue weighted by Gasteiger charge is 2.21. The van der Waals surface area contributed by atoms with Gasteiger partial charge in [0.25, 0.3) is 0 Å². The quantitative estimate of drug-likeness (QED) is 0.780. The molecule has 0 radical (unpaired) electrons. The molecule has 0 aliphatic carbocycles. The Morgan fingerprint density at radius 3 is 2.70 bits per heavy atom. The van der Waals surface area contributed by atoms with Gasteiger partial charge in [-0.1, -0.05) is 6.07 Å². The normalized spacial score (nSPS) is 15.3. The van der Waals surface area contributed by atoms with E-state index < -0.39 is 6.09 Å². The molecule has 3 aromatic rings. The monoisotopic (exact) mass is 329 g/mol. The number of aromatic nitrogens is 3. The van der Waals surface area contributed by atoms with Crippen LogP contribution in [0.25, 0.3) is 16.2 Å². The van der Waals surface area contributed by atoms with E-state index in [1.807, 2.05) is 35.8 Å². The van der Waals surface area contributed by atoms with E-state index in [9.17, 15) is 4.79 Å². The molecule has 3 aromatic heterocycles. The molecule has 8 heteroatoms. The van der Waals surface area contributed by atoms with Gasteiger partial charge < -0.3 is 14.9 Å². The van der Waals surface area contributed by atoms with Crippen molar-refractivity contribution in [3.05, 3.63) is 35.8 Å². The second kappa shape index (κ2) is 5.54. The zero-order chi connectivity index (χ0) is 15.8. The molecule has 4 heterocycles. The van der Waals surface area contributed by atoms with E-state index in [0.717, 1.165) is 22.0 Å². The Labute approximate surface area is 136 Å². The molecule has 23 heavy (non-hydrogen) atoms. The van der Waals surface area contributed by atoms with Crippen LogP contribution in [-0.4, -0.2) is 56.9 Å². The maximum absolute atomic E-state index is 11.0. The van der Waals surface area contributed by atoms with Gasteiger partial charge in [0, 0.05) is 26.2 Å². The topological polar surface area (TPSA) is 74.0 Å². The van der Waals surface area contributed by atoms with Crippen LogP contribution in [0.15, 0.2) is 35.8 Å². The molecular weight excluding hydrogens is 314 g/mol. The molecule has 7 nitrogen and oxygen atoms in total. The SMILES string of the molecule is O=C(O)N1CCN(c2ccc3nc(-c4cccs4)cn3n2)CC1. The van der Waals surface area contributed by atoms with Crippen molar-refractivity contribution in [2.24, 2.45) is 0 Å². The molecule has 0 saturated carbocycles. The van der Waals surface area contributed by atoms with Crippen molar-refractivity contribution < 1.29 is 9.90 Å². The summed E-state index contributed by atoms with van der Waals surface area (Å²) in [6, 6.07) is 7.93. The maximum Gasteiger partial charge on any atom is 0.407 e. The number of imidazole rings is 1. The minimum atomic E-state index is -0.858. The van der Waals surface area contributed by atoms with Gasteiger partial charge >= 0.3 is 6.09 Å². The molecule has 118 valence electrons. The number of nitrogens with zero attached hydrogens (tertiary/aromatic N) is 5. The van der Waals surface area contributed by atoms with Gasteiger partial charge in [-0.25, -0.2) is 14.3 Å². The highest BCUT2D eigenvalue weighted by molar-refractivity contribution is 7.13. The summed E-state index contributed by atoms with van der Waals surface area (Å²) in [4.78, 5) is 20.2. The summed E-state index contributed by atoms with van der Waals surface area (Å²) < 4.78 is 1.79. The van der Waals surface area contributed by atoms with Gasteiger partial charge in [0.2, 0.25) is 0 Å². The highest BCUT2D eigenvalue weighted by Crippen LogP contribution is 2.24. The molecule has 1 amide bonds. The Morgan fingerprint density at radius 1 is 1.17 bits per heavy atom. The number of anilines is 1. The molecule has 0 spiro atoms. The summed E-state index contributed by atoms with van der Waals surface area (Å²) in [6.07, 6.45) is 1.07. The summed E-state index contributed by atoms with van der Waals surface area (Å²) in [7, 11) is 0. The molecule has 0 aromatic carbocycles. The van der Waals surface area contributed by atoms with Gasteiger partial charge in [-0.3, -0.25) is 0 Å². The largest absolute Gasteiger partial charge is 0.465 e. The van der Waals surface area contributed by atoms with Crippen molar-refractivity contribution in [1.29, 1.82) is 0 Å². The number of carboxylic acid groups (broad SMARTS) is 1. The van der Waals surface area contributed by atoms with Crippen molar-refractivity contribution >= 4 is 28.9 Å². The molecule has 0 unspecified atom stereocenters. The van der Waals surface area contributed by atoms with E-state index in [0.29, 0.717) is 26.2 Å². The first kappa shape index (κ1) is 14.0. The Balaban J connectivity index is 1.58. The summed E-state index contributed by atoms with van der Waals surface area (Å²) in [6.45, 7) is 2.30. The summed E-state index contributed by atoms with van der Waals surface area (Å²) >= 11 is 1.65. The van der Waals surface area contributed by atoms with E-state index in [-0.39, 0.29) is 0 Å². The smallest absolute Gasteiger partial charge is 0.407 e. The second-order valence-corrected chi connectivity index (χ2v) is 6.30. The van der Waals surface area contributed by atoms with Crippen LogP contribution in [0.2, 0.25) is 0 Å². The number of carbonyl (C=O) groups is 1. The fraction of sp³-hybridized carbons (Fsp3) is 0.267. The van der Waals surface area contributed by atoms with Crippen LogP contribution in [0.4, 0.5) is 10.6 Å². The number of piperazine rings is 1. The van der Waals surface area contributed by atoms with Gasteiger partial charge in [0.1, 0.15) is 11.5 Å². The van der Waals surface area contributed by atoms with Crippen molar-refractivity contribution in [3.8, 4) is 10.6 Å². The maximum atomic E-state index is 11.0. The average Bonchev–Trinajstić information content (AvgIpc) is 3.23. The Bertz CT molecular complexity index is 837. The van der Waals surface area contributed by atoms with Crippen LogP contribution >= 0.6 is 11.3 Å². The van der Waals surface area contributed by atoms with Crippen molar-refractivity contribution in [1.82, 2.24) is 19.5 Å². The van der Waals surface area contributed by atoms with Crippen LogP contribution in [0.1, 0.15) is 0 Å². The lowest BCUT2D eigenvalue weighted by molar-refractivity contribution is 0.142. The van der Waals surface area contributed by atoms with Crippen LogP contribution in [-0.2, 0) is 0 Å². The predicted octanol–water partition coefficient (Wildman–Crippen LogP) is 2.26. The lowest BCUT2D eigenvalue weighted by Crippen LogP contribution is -2.48. The summed E-state index contributed by atoms with van der Waals surface area (Å²) in [5.74, 6) is 0.845. The van der Waals surface area contributed by atoms with Gasteiger partial charge in [0.15, 0.2) is 5.65 Å². The van der Waals surface area contributed by atoms with E-state index in [2.05, 4.69) is 15.0 Å². The number of rotatable bonds is 2. The second-order valence-electron chi connectivity index (χ2n) is 5.35. The molecule has 1 aliphatic heterocycles. The Hall–Kier alpha value is -2.61. The van der Waals surface area contributed by atoms with Crippen LogP contribution in [0, 0.1) is 0 Å². The molecule has 1 N–H and O–H groups in total. The molecule has 1 aliphatic rings. The van der Waals surface area contributed by atoms with Crippen molar-refractivity contribution in [2.45, 2.75) is 0 Å².